The summed E-state index contributed by atoms with van der Waals surface area (Å²) >= 11 is 0. The van der Waals surface area contributed by atoms with Crippen LogP contribution in [0.5, 0.6) is 17.2 Å². The second kappa shape index (κ2) is 31.5. The van der Waals surface area contributed by atoms with Gasteiger partial charge in [-0.2, -0.15) is 10.2 Å². The number of carboxylic acids is 2. The number of aryl methyl sites for hydroxylation is 2. The lowest BCUT2D eigenvalue weighted by molar-refractivity contribution is 0.0679. The molecule has 0 radical (unpaired) electrons. The number of carbonyl (C=O) groups excluding carboxylic acids is 2. The fraction of sp³-hybridized carbons (Fsp3) is 0.154. The molecular weight excluding hydrogens is 1300 g/mol. The van der Waals surface area contributed by atoms with Crippen LogP contribution < -0.4 is 46.5 Å². The Morgan fingerprint density at radius 1 is 0.456 bits per heavy atom. The highest BCUT2D eigenvalue weighted by atomic mass is 16.6. The summed E-state index contributed by atoms with van der Waals surface area (Å²) in [6.07, 6.45) is 7.77. The first-order valence-corrected chi connectivity index (χ1v) is 32.5. The van der Waals surface area contributed by atoms with Crippen LogP contribution >= 0.6 is 0 Å². The number of ether oxygens (including phenoxy) is 3. The van der Waals surface area contributed by atoms with E-state index >= 15 is 0 Å². The zero-order chi connectivity index (χ0) is 72.8. The predicted octanol–water partition coefficient (Wildman–Crippen LogP) is 16.2. The zero-order valence-corrected chi connectivity index (χ0v) is 57.6. The smallest absolute Gasteiger partial charge is 0.418 e. The van der Waals surface area contributed by atoms with Crippen molar-refractivity contribution >= 4 is 91.9 Å². The van der Waals surface area contributed by atoms with E-state index in [2.05, 4.69) is 103 Å². The summed E-state index contributed by atoms with van der Waals surface area (Å²) in [7, 11) is 0. The third-order valence-corrected chi connectivity index (χ3v) is 15.7. The molecule has 0 aliphatic carbocycles. The van der Waals surface area contributed by atoms with Gasteiger partial charge in [-0.15, -0.1) is 0 Å². The highest BCUT2D eigenvalue weighted by molar-refractivity contribution is 6.07. The minimum absolute atomic E-state index is 0.124. The summed E-state index contributed by atoms with van der Waals surface area (Å²) in [5.74, 6) is 2.53. The van der Waals surface area contributed by atoms with Gasteiger partial charge in [0.1, 0.15) is 65.4 Å². The lowest BCUT2D eigenvalue weighted by Crippen LogP contribution is -2.21. The quantitative estimate of drug-likeness (QED) is 0.0370. The second-order valence-corrected chi connectivity index (χ2v) is 25.7. The van der Waals surface area contributed by atoms with Gasteiger partial charge in [0, 0.05) is 62.6 Å². The molecule has 3 amide bonds. The number of carbonyl (C=O) groups is 4. The number of aromatic nitrogens is 10. The van der Waals surface area contributed by atoms with E-state index in [-0.39, 0.29) is 28.8 Å². The van der Waals surface area contributed by atoms with Gasteiger partial charge in [-0.25, -0.2) is 58.4 Å². The van der Waals surface area contributed by atoms with E-state index in [0.717, 1.165) is 72.3 Å². The number of para-hydroxylation sites is 1. The van der Waals surface area contributed by atoms with E-state index in [1.54, 1.807) is 33.9 Å². The van der Waals surface area contributed by atoms with Gasteiger partial charge in [-0.1, -0.05) is 144 Å². The van der Waals surface area contributed by atoms with Crippen LogP contribution in [0.25, 0.3) is 32.9 Å². The minimum Gasteiger partial charge on any atom is -0.488 e. The Hall–Kier alpha value is -13.6. The van der Waals surface area contributed by atoms with Crippen LogP contribution in [0.3, 0.4) is 0 Å². The Labute approximate surface area is 592 Å². The molecule has 103 heavy (non-hydrogen) atoms. The number of nitrogens with one attached hydrogen (secondary N) is 5. The van der Waals surface area contributed by atoms with Crippen molar-refractivity contribution in [2.45, 2.75) is 79.4 Å². The number of pyridine rings is 2. The molecule has 6 aromatic heterocycles. The number of urea groups is 1. The Kier molecular flexibility index (Phi) is 21.6. The molecule has 25 nitrogen and oxygen atoms in total. The number of nitrogens with zero attached hydrogens (tertiary/aromatic N) is 10. The van der Waals surface area contributed by atoms with Gasteiger partial charge in [0.2, 0.25) is 0 Å². The second-order valence-electron chi connectivity index (χ2n) is 25.7. The molecule has 0 saturated heterocycles. The monoisotopic (exact) mass is 1380 g/mol. The summed E-state index contributed by atoms with van der Waals surface area (Å²) in [5.41, 5.74) is 14.2. The van der Waals surface area contributed by atoms with Crippen LogP contribution in [-0.2, 0) is 24.0 Å². The SMILES string of the molecule is Cc1ccc(-n2nc(C(C)(C)C)cc2NC(=O)Nc2ccc(OCc3ccnc(Nc4cnc(C(=O)O)cn4)c3)c3ccccc23)cc1.Cc1ccc(-n2nc(C(C)(C)C)cc2NC(=O)Oc2ccccc2)cc1.Nc1ccc(OCc2ccnc(Nc3cnc(C(=O)O)cn3)c2)c2ccccc12. The minimum atomic E-state index is -1.15. The zero-order valence-electron chi connectivity index (χ0n) is 57.6. The summed E-state index contributed by atoms with van der Waals surface area (Å²) in [6, 6.07) is 58.4. The third kappa shape index (κ3) is 18.6. The molecule has 13 aromatic rings. The predicted molar refractivity (Wildman–Crippen MR) is 397 cm³/mol. The summed E-state index contributed by atoms with van der Waals surface area (Å²) in [5, 5.41) is 45.8. The highest BCUT2D eigenvalue weighted by Gasteiger charge is 2.24. The number of hydrogen-bond acceptors (Lipinski definition) is 18. The molecule has 13 rings (SSSR count). The first-order valence-electron chi connectivity index (χ1n) is 32.5. The average Bonchev–Trinajstić information content (AvgIpc) is 1.78. The molecule has 0 unspecified atom stereocenters. The molecule has 0 spiro atoms. The fourth-order valence-electron chi connectivity index (χ4n) is 10.2. The van der Waals surface area contributed by atoms with Crippen LogP contribution in [0.15, 0.2) is 225 Å². The van der Waals surface area contributed by atoms with Crippen molar-refractivity contribution in [1.29, 1.82) is 0 Å². The average molecular weight is 1380 g/mol. The number of fused-ring (bicyclic) bond motifs is 2. The van der Waals surface area contributed by atoms with E-state index in [1.165, 1.54) is 24.8 Å². The number of rotatable bonds is 18. The maximum Gasteiger partial charge on any atom is 0.418 e. The summed E-state index contributed by atoms with van der Waals surface area (Å²) in [6.45, 7) is 17.1. The summed E-state index contributed by atoms with van der Waals surface area (Å²) in [4.78, 5) is 71.9. The Morgan fingerprint density at radius 2 is 0.903 bits per heavy atom. The molecule has 0 saturated carbocycles. The topological polar surface area (TPSA) is 336 Å². The van der Waals surface area contributed by atoms with Gasteiger partial charge < -0.3 is 46.1 Å². The van der Waals surface area contributed by atoms with Crippen molar-refractivity contribution < 1.29 is 43.6 Å². The maximum absolute atomic E-state index is 13.4. The number of nitrogen functional groups attached to an aromatic ring is 1. The summed E-state index contributed by atoms with van der Waals surface area (Å²) < 4.78 is 21.0. The van der Waals surface area contributed by atoms with Crippen molar-refractivity contribution in [2.24, 2.45) is 0 Å². The molecule has 7 aromatic carbocycles. The molecule has 0 aliphatic heterocycles. The molecule has 0 bridgehead atoms. The number of amides is 3. The van der Waals surface area contributed by atoms with Gasteiger partial charge in [-0.05, 0) is 110 Å². The van der Waals surface area contributed by atoms with Crippen LogP contribution in [0.1, 0.15) is 96.2 Å². The molecule has 520 valence electrons. The molecule has 9 N–H and O–H groups in total. The van der Waals surface area contributed by atoms with E-state index in [4.69, 9.17) is 35.3 Å². The van der Waals surface area contributed by atoms with Gasteiger partial charge in [0.25, 0.3) is 0 Å². The van der Waals surface area contributed by atoms with Gasteiger partial charge in [0.15, 0.2) is 11.4 Å². The largest absolute Gasteiger partial charge is 0.488 e. The first kappa shape index (κ1) is 70.7. The van der Waals surface area contributed by atoms with Gasteiger partial charge in [-0.3, -0.25) is 10.6 Å². The Morgan fingerprint density at radius 3 is 1.37 bits per heavy atom. The van der Waals surface area contributed by atoms with Crippen molar-refractivity contribution in [3.8, 4) is 28.6 Å². The van der Waals surface area contributed by atoms with E-state index in [9.17, 15) is 19.2 Å². The molecule has 0 fully saturated rings. The first-order chi connectivity index (χ1) is 49.5. The van der Waals surface area contributed by atoms with Gasteiger partial charge >= 0.3 is 24.1 Å². The maximum atomic E-state index is 13.4. The van der Waals surface area contributed by atoms with Crippen molar-refractivity contribution in [3.63, 3.8) is 0 Å². The number of aromatic carboxylic acids is 2. The molecular formula is C78H74N16O9. The fourth-order valence-corrected chi connectivity index (χ4v) is 10.2. The van der Waals surface area contributed by atoms with Crippen molar-refractivity contribution in [3.05, 3.63) is 270 Å². The van der Waals surface area contributed by atoms with Crippen LogP contribution in [0.4, 0.5) is 55.9 Å². The number of carboxylic acid groups (broad SMARTS) is 2. The van der Waals surface area contributed by atoms with Gasteiger partial charge in [0.05, 0.1) is 53.2 Å². The number of hydrogen-bond donors (Lipinski definition) is 8. The number of anilines is 8. The molecule has 25 heteroatoms. The normalized spacial score (nSPS) is 11.1. The van der Waals surface area contributed by atoms with E-state index in [1.807, 2.05) is 190 Å². The standard InChI is InChI=1S/C36H34N8O4.C21H17N5O3.C21H23N3O2/c1-22-9-11-24(12-10-22)44-33(18-30(43-44)36(2,3)4)42-35(47)40-27-13-14-29(26-8-6-5-7-25(26)27)48-21-23-15-16-37-31(17-23)41-32-20-38-28(19-39-32)34(45)46;22-16-5-6-18(15-4-2-1-3-14(15)16)29-12-13-7-8-23-19(9-13)26-20-11-24-17(10-25-20)21(27)28;1-15-10-12-16(13-11-15)24-19(14-18(23-24)21(2,3)4)22-20(25)26-17-8-6-5-7-9-17/h5-20H,21H2,1-4H3,(H,45,46)(H,37,39,41)(H2,40,42,47);1-11H,12,22H2,(H,27,28)(H,23,25,26);5-14H,1-4H3,(H,22,25). The molecule has 0 atom stereocenters. The number of benzene rings is 7. The Bertz CT molecular complexity index is 5160. The lowest BCUT2D eigenvalue weighted by Gasteiger charge is -2.15. The highest BCUT2D eigenvalue weighted by Crippen LogP contribution is 2.35. The van der Waals surface area contributed by atoms with Crippen molar-refractivity contribution in [2.75, 3.05) is 32.3 Å². The Balaban J connectivity index is 0.000000166. The molecule has 0 aliphatic rings. The number of nitrogens with two attached hydrogens (primary N) is 1. The third-order valence-electron chi connectivity index (χ3n) is 15.7. The van der Waals surface area contributed by atoms with Crippen LogP contribution in [0.2, 0.25) is 0 Å². The molecule has 6 heterocycles. The van der Waals surface area contributed by atoms with Crippen LogP contribution in [0, 0.1) is 13.8 Å². The van der Waals surface area contributed by atoms with Crippen molar-refractivity contribution in [1.82, 2.24) is 49.5 Å². The van der Waals surface area contributed by atoms with Crippen LogP contribution in [-0.4, -0.2) is 83.7 Å². The van der Waals surface area contributed by atoms with E-state index < -0.39 is 24.1 Å². The van der Waals surface area contributed by atoms with E-state index in [0.29, 0.717) is 64.4 Å². The lowest BCUT2D eigenvalue weighted by atomic mass is 9.92.